The number of aliphatic hydroxyl groups excluding tert-OH is 1. The molecular weight excluding hydrogens is 174 g/mol. The van der Waals surface area contributed by atoms with Gasteiger partial charge in [-0.15, -0.1) is 0 Å². The molecule has 2 aliphatic rings. The van der Waals surface area contributed by atoms with Crippen molar-refractivity contribution in [1.29, 1.82) is 0 Å². The molecule has 2 nitrogen and oxygen atoms in total. The van der Waals surface area contributed by atoms with Gasteiger partial charge in [0.25, 0.3) is 0 Å². The molecular formula is C12H19NO. The summed E-state index contributed by atoms with van der Waals surface area (Å²) in [5.74, 6) is 0.825. The molecule has 0 radical (unpaired) electrons. The lowest BCUT2D eigenvalue weighted by molar-refractivity contribution is 0.420. The van der Waals surface area contributed by atoms with Gasteiger partial charge in [-0.3, -0.25) is 0 Å². The summed E-state index contributed by atoms with van der Waals surface area (Å²) < 4.78 is 0. The van der Waals surface area contributed by atoms with Gasteiger partial charge in [-0.2, -0.15) is 0 Å². The molecule has 0 aromatic carbocycles. The van der Waals surface area contributed by atoms with Gasteiger partial charge in [-0.1, -0.05) is 5.57 Å². The number of fused-ring (bicyclic) bond motifs is 2. The first-order valence-electron chi connectivity index (χ1n) is 5.62. The van der Waals surface area contributed by atoms with E-state index in [1.54, 1.807) is 0 Å². The first-order valence-corrected chi connectivity index (χ1v) is 5.62. The minimum atomic E-state index is 0.825. The van der Waals surface area contributed by atoms with Crippen LogP contribution in [-0.2, 0) is 0 Å². The average Bonchev–Trinajstić information content (AvgIpc) is 2.41. The van der Waals surface area contributed by atoms with Gasteiger partial charge in [0.15, 0.2) is 0 Å². The molecule has 14 heavy (non-hydrogen) atoms. The van der Waals surface area contributed by atoms with E-state index in [0.29, 0.717) is 0 Å². The van der Waals surface area contributed by atoms with Crippen LogP contribution in [0.5, 0.6) is 0 Å². The Morgan fingerprint density at radius 2 is 2.21 bits per heavy atom. The second-order valence-electron chi connectivity index (χ2n) is 4.44. The fourth-order valence-corrected chi connectivity index (χ4v) is 2.42. The molecule has 1 aliphatic carbocycles. The molecule has 1 heterocycles. The Morgan fingerprint density at radius 1 is 1.29 bits per heavy atom. The fraction of sp³-hybridized carbons (Fsp3) is 0.667. The first kappa shape index (κ1) is 9.63. The second-order valence-corrected chi connectivity index (χ2v) is 4.44. The van der Waals surface area contributed by atoms with Gasteiger partial charge >= 0.3 is 0 Å². The molecule has 78 valence electrons. The van der Waals surface area contributed by atoms with Crippen LogP contribution in [0.2, 0.25) is 0 Å². The predicted octanol–water partition coefficient (Wildman–Crippen LogP) is 2.89. The van der Waals surface area contributed by atoms with Crippen molar-refractivity contribution in [1.82, 2.24) is 5.32 Å². The number of allylic oxidation sites excluding steroid dienone is 2. The van der Waals surface area contributed by atoms with E-state index in [4.69, 9.17) is 5.11 Å². The highest BCUT2D eigenvalue weighted by molar-refractivity contribution is 5.11. The summed E-state index contributed by atoms with van der Waals surface area (Å²) in [6, 6.07) is 0. The van der Waals surface area contributed by atoms with Gasteiger partial charge in [0.2, 0.25) is 0 Å². The van der Waals surface area contributed by atoms with Crippen LogP contribution in [0.1, 0.15) is 38.5 Å². The second kappa shape index (κ2) is 4.54. The highest BCUT2D eigenvalue weighted by Crippen LogP contribution is 2.31. The fourth-order valence-electron chi connectivity index (χ4n) is 2.42. The number of rotatable bonds is 0. The summed E-state index contributed by atoms with van der Waals surface area (Å²) in [6.45, 7) is 1.12. The maximum Gasteiger partial charge on any atom is 0.0783 e. The van der Waals surface area contributed by atoms with E-state index in [9.17, 15) is 0 Å². The van der Waals surface area contributed by atoms with Crippen molar-refractivity contribution < 1.29 is 5.11 Å². The van der Waals surface area contributed by atoms with E-state index in [-0.39, 0.29) is 0 Å². The van der Waals surface area contributed by atoms with Gasteiger partial charge in [-0.25, -0.2) is 0 Å². The van der Waals surface area contributed by atoms with Gasteiger partial charge in [-0.05, 0) is 56.2 Å². The maximum atomic E-state index is 9.04. The Kier molecular flexibility index (Phi) is 3.12. The molecule has 2 heteroatoms. The molecule has 0 aromatic heterocycles. The van der Waals surface area contributed by atoms with Crippen LogP contribution >= 0.6 is 0 Å². The zero-order valence-corrected chi connectivity index (χ0v) is 8.63. The molecule has 1 atom stereocenters. The SMILES string of the molecule is O/C=C1\CCC2=CNCCC(CC1)C2. The largest absolute Gasteiger partial charge is 0.516 e. The zero-order chi connectivity index (χ0) is 9.80. The summed E-state index contributed by atoms with van der Waals surface area (Å²) in [4.78, 5) is 0. The predicted molar refractivity (Wildman–Crippen MR) is 58.0 cm³/mol. The van der Waals surface area contributed by atoms with E-state index in [1.165, 1.54) is 36.7 Å². The topological polar surface area (TPSA) is 32.3 Å². The smallest absolute Gasteiger partial charge is 0.0783 e. The van der Waals surface area contributed by atoms with Crippen molar-refractivity contribution in [3.05, 3.63) is 23.6 Å². The Morgan fingerprint density at radius 3 is 3.07 bits per heavy atom. The van der Waals surface area contributed by atoms with E-state index in [0.717, 1.165) is 31.7 Å². The summed E-state index contributed by atoms with van der Waals surface area (Å²) >= 11 is 0. The summed E-state index contributed by atoms with van der Waals surface area (Å²) in [6.07, 6.45) is 10.6. The van der Waals surface area contributed by atoms with Crippen LogP contribution in [0.25, 0.3) is 0 Å². The minimum absolute atomic E-state index is 0.825. The van der Waals surface area contributed by atoms with Crippen molar-refractivity contribution in [2.75, 3.05) is 6.54 Å². The average molecular weight is 193 g/mol. The number of hydrogen-bond acceptors (Lipinski definition) is 2. The van der Waals surface area contributed by atoms with Crippen LogP contribution in [0.4, 0.5) is 0 Å². The quantitative estimate of drug-likeness (QED) is 0.580. The Labute approximate surface area is 85.7 Å². The van der Waals surface area contributed by atoms with Crippen molar-refractivity contribution in [2.45, 2.75) is 38.5 Å². The molecule has 0 saturated heterocycles. The van der Waals surface area contributed by atoms with Crippen molar-refractivity contribution in [3.63, 3.8) is 0 Å². The number of aliphatic hydroxyl groups is 1. The summed E-state index contributed by atoms with van der Waals surface area (Å²) in [5, 5.41) is 12.4. The molecule has 1 fully saturated rings. The van der Waals surface area contributed by atoms with E-state index >= 15 is 0 Å². The third-order valence-corrected chi connectivity index (χ3v) is 3.38. The number of hydrogen-bond donors (Lipinski definition) is 2. The monoisotopic (exact) mass is 193 g/mol. The van der Waals surface area contributed by atoms with E-state index in [1.807, 2.05) is 0 Å². The van der Waals surface area contributed by atoms with Gasteiger partial charge in [0.1, 0.15) is 0 Å². The minimum Gasteiger partial charge on any atom is -0.516 e. The van der Waals surface area contributed by atoms with Crippen LogP contribution in [0, 0.1) is 5.92 Å². The van der Waals surface area contributed by atoms with Crippen LogP contribution in [-0.4, -0.2) is 11.7 Å². The molecule has 0 aromatic rings. The van der Waals surface area contributed by atoms with Gasteiger partial charge in [0, 0.05) is 6.54 Å². The molecule has 1 saturated carbocycles. The molecule has 2 N–H and O–H groups in total. The molecule has 1 aliphatic heterocycles. The molecule has 0 spiro atoms. The van der Waals surface area contributed by atoms with Gasteiger partial charge in [0.05, 0.1) is 6.26 Å². The number of nitrogens with one attached hydrogen (secondary N) is 1. The molecule has 2 bridgehead atoms. The highest BCUT2D eigenvalue weighted by atomic mass is 16.2. The summed E-state index contributed by atoms with van der Waals surface area (Å²) in [5.41, 5.74) is 2.76. The lowest BCUT2D eigenvalue weighted by Crippen LogP contribution is -2.09. The maximum absolute atomic E-state index is 9.04. The molecule has 2 rings (SSSR count). The Hall–Kier alpha value is -0.920. The van der Waals surface area contributed by atoms with Crippen molar-refractivity contribution in [3.8, 4) is 0 Å². The normalized spacial score (nSPS) is 31.0. The summed E-state index contributed by atoms with van der Waals surface area (Å²) in [7, 11) is 0. The zero-order valence-electron chi connectivity index (χ0n) is 8.63. The van der Waals surface area contributed by atoms with E-state index < -0.39 is 0 Å². The van der Waals surface area contributed by atoms with Crippen LogP contribution < -0.4 is 5.32 Å². The standard InChI is InChI=1S/C12H19NO/c14-9-11-2-1-10-5-6-13-8-12(7-10)4-3-11/h8-10,13-14H,1-7H2/b11-9-. The van der Waals surface area contributed by atoms with Crippen LogP contribution in [0.15, 0.2) is 23.6 Å². The lowest BCUT2D eigenvalue weighted by atomic mass is 9.85. The van der Waals surface area contributed by atoms with Crippen molar-refractivity contribution >= 4 is 0 Å². The van der Waals surface area contributed by atoms with Gasteiger partial charge < -0.3 is 10.4 Å². The first-order chi connectivity index (χ1) is 6.88. The highest BCUT2D eigenvalue weighted by Gasteiger charge is 2.17. The lowest BCUT2D eigenvalue weighted by Gasteiger charge is -2.20. The molecule has 0 amide bonds. The Balaban J connectivity index is 2.07. The molecule has 1 unspecified atom stereocenters. The van der Waals surface area contributed by atoms with Crippen molar-refractivity contribution in [2.24, 2.45) is 5.92 Å². The van der Waals surface area contributed by atoms with Crippen LogP contribution in [0.3, 0.4) is 0 Å². The third kappa shape index (κ3) is 2.31. The third-order valence-electron chi connectivity index (χ3n) is 3.38. The van der Waals surface area contributed by atoms with E-state index in [2.05, 4.69) is 11.5 Å². The Bertz CT molecular complexity index is 255.